The number of nitrogens with zero attached hydrogens (tertiary/aromatic N) is 2. The first-order valence-corrected chi connectivity index (χ1v) is 5.50. The van der Waals surface area contributed by atoms with Crippen molar-refractivity contribution >= 4 is 11.6 Å². The lowest BCUT2D eigenvalue weighted by atomic mass is 10.2. The van der Waals surface area contributed by atoms with E-state index in [0.717, 1.165) is 23.0 Å². The summed E-state index contributed by atoms with van der Waals surface area (Å²) in [5.41, 5.74) is 1.98. The molecule has 84 valence electrons. The Bertz CT molecular complexity index is 494. The number of hydrogen-bond donors (Lipinski definition) is 0. The lowest BCUT2D eigenvalue weighted by molar-refractivity contribution is 0.399. The minimum atomic E-state index is 0.618. The van der Waals surface area contributed by atoms with Crippen LogP contribution in [0.3, 0.4) is 0 Å². The highest BCUT2D eigenvalue weighted by Crippen LogP contribution is 2.30. The largest absolute Gasteiger partial charge is 0.481 e. The fourth-order valence-electron chi connectivity index (χ4n) is 1.75. The van der Waals surface area contributed by atoms with Gasteiger partial charge in [0.15, 0.2) is 0 Å². The second kappa shape index (κ2) is 4.58. The van der Waals surface area contributed by atoms with Crippen LogP contribution in [0, 0.1) is 0 Å². The van der Waals surface area contributed by atoms with Crippen LogP contribution < -0.4 is 4.74 Å². The second-order valence-electron chi connectivity index (χ2n) is 3.35. The average Bonchev–Trinajstić information content (AvgIpc) is 2.70. The highest BCUT2D eigenvalue weighted by atomic mass is 35.5. The molecule has 0 radical (unpaired) electrons. The number of hydrogen-bond acceptors (Lipinski definition) is 2. The molecule has 0 aliphatic rings. The molecule has 0 aromatic carbocycles. The SMILES string of the molecule is CCn1c(Cl)ccc1-c1cccnc1OC. The highest BCUT2D eigenvalue weighted by molar-refractivity contribution is 6.30. The summed E-state index contributed by atoms with van der Waals surface area (Å²) in [5.74, 6) is 0.618. The van der Waals surface area contributed by atoms with Gasteiger partial charge in [-0.05, 0) is 31.2 Å². The van der Waals surface area contributed by atoms with Gasteiger partial charge < -0.3 is 9.30 Å². The molecular formula is C12H13ClN2O. The maximum atomic E-state index is 6.09. The van der Waals surface area contributed by atoms with Gasteiger partial charge in [-0.25, -0.2) is 4.98 Å². The van der Waals surface area contributed by atoms with E-state index in [1.165, 1.54) is 0 Å². The smallest absolute Gasteiger partial charge is 0.222 e. The summed E-state index contributed by atoms with van der Waals surface area (Å²) >= 11 is 6.09. The van der Waals surface area contributed by atoms with E-state index in [1.807, 2.05) is 28.8 Å². The van der Waals surface area contributed by atoms with E-state index < -0.39 is 0 Å². The molecule has 0 saturated carbocycles. The van der Waals surface area contributed by atoms with E-state index in [1.54, 1.807) is 13.3 Å². The Morgan fingerprint density at radius 3 is 2.88 bits per heavy atom. The summed E-state index contributed by atoms with van der Waals surface area (Å²) in [4.78, 5) is 4.18. The van der Waals surface area contributed by atoms with Crippen LogP contribution in [0.15, 0.2) is 30.5 Å². The second-order valence-corrected chi connectivity index (χ2v) is 3.73. The molecule has 0 aliphatic heterocycles. The number of halogens is 1. The van der Waals surface area contributed by atoms with Gasteiger partial charge in [-0.1, -0.05) is 11.6 Å². The molecule has 3 nitrogen and oxygen atoms in total. The monoisotopic (exact) mass is 236 g/mol. The average molecular weight is 237 g/mol. The summed E-state index contributed by atoms with van der Waals surface area (Å²) in [6.07, 6.45) is 1.71. The van der Waals surface area contributed by atoms with Crippen molar-refractivity contribution < 1.29 is 4.74 Å². The Balaban J connectivity index is 2.58. The normalized spacial score (nSPS) is 10.4. The molecular weight excluding hydrogens is 224 g/mol. The van der Waals surface area contributed by atoms with Crippen molar-refractivity contribution in [1.82, 2.24) is 9.55 Å². The van der Waals surface area contributed by atoms with Gasteiger partial charge in [0.05, 0.1) is 18.4 Å². The van der Waals surface area contributed by atoms with Crippen LogP contribution in [0.5, 0.6) is 5.88 Å². The Kier molecular flexibility index (Phi) is 3.15. The zero-order valence-electron chi connectivity index (χ0n) is 9.27. The van der Waals surface area contributed by atoms with Crippen molar-refractivity contribution in [3.8, 4) is 17.1 Å². The molecule has 2 rings (SSSR count). The minimum absolute atomic E-state index is 0.618. The van der Waals surface area contributed by atoms with Crippen LogP contribution in [-0.2, 0) is 6.54 Å². The predicted octanol–water partition coefficient (Wildman–Crippen LogP) is 3.23. The molecule has 0 atom stereocenters. The van der Waals surface area contributed by atoms with Crippen molar-refractivity contribution in [2.24, 2.45) is 0 Å². The van der Waals surface area contributed by atoms with E-state index in [2.05, 4.69) is 11.9 Å². The van der Waals surface area contributed by atoms with Crippen LogP contribution in [-0.4, -0.2) is 16.7 Å². The zero-order valence-corrected chi connectivity index (χ0v) is 10.0. The molecule has 0 aliphatic carbocycles. The first-order valence-electron chi connectivity index (χ1n) is 5.12. The Labute approximate surface area is 99.6 Å². The minimum Gasteiger partial charge on any atom is -0.481 e. The molecule has 2 aromatic rings. The Morgan fingerprint density at radius 1 is 1.38 bits per heavy atom. The molecule has 0 bridgehead atoms. The molecule has 0 N–H and O–H groups in total. The summed E-state index contributed by atoms with van der Waals surface area (Å²) in [5, 5.41) is 0.725. The first kappa shape index (κ1) is 11.0. The van der Waals surface area contributed by atoms with Gasteiger partial charge in [-0.2, -0.15) is 0 Å². The molecule has 4 heteroatoms. The number of aromatic nitrogens is 2. The van der Waals surface area contributed by atoms with Gasteiger partial charge in [0, 0.05) is 12.7 Å². The maximum absolute atomic E-state index is 6.09. The van der Waals surface area contributed by atoms with Crippen molar-refractivity contribution in [3.05, 3.63) is 35.6 Å². The van der Waals surface area contributed by atoms with Gasteiger partial charge in [0.1, 0.15) is 5.15 Å². The molecule has 2 aromatic heterocycles. The van der Waals surface area contributed by atoms with Crippen molar-refractivity contribution in [2.45, 2.75) is 13.5 Å². The molecule has 0 saturated heterocycles. The fourth-order valence-corrected chi connectivity index (χ4v) is 2.02. The summed E-state index contributed by atoms with van der Waals surface area (Å²) in [6.45, 7) is 2.87. The van der Waals surface area contributed by atoms with Crippen LogP contribution >= 0.6 is 11.6 Å². The number of rotatable bonds is 3. The third-order valence-electron chi connectivity index (χ3n) is 2.48. The van der Waals surface area contributed by atoms with E-state index in [9.17, 15) is 0 Å². The van der Waals surface area contributed by atoms with E-state index >= 15 is 0 Å². The number of ether oxygens (including phenoxy) is 1. The van der Waals surface area contributed by atoms with Gasteiger partial charge in [-0.3, -0.25) is 0 Å². The van der Waals surface area contributed by atoms with Crippen LogP contribution in [0.4, 0.5) is 0 Å². The standard InChI is InChI=1S/C12H13ClN2O/c1-3-15-10(6-7-11(15)13)9-5-4-8-14-12(9)16-2/h4-8H,3H2,1-2H3. The summed E-state index contributed by atoms with van der Waals surface area (Å²) < 4.78 is 7.26. The molecule has 0 fully saturated rings. The van der Waals surface area contributed by atoms with Crippen LogP contribution in [0.2, 0.25) is 5.15 Å². The van der Waals surface area contributed by atoms with Crippen molar-refractivity contribution in [3.63, 3.8) is 0 Å². The number of methoxy groups -OCH3 is 1. The quantitative estimate of drug-likeness (QED) is 0.818. The van der Waals surface area contributed by atoms with E-state index in [0.29, 0.717) is 5.88 Å². The van der Waals surface area contributed by atoms with Gasteiger partial charge >= 0.3 is 0 Å². The van der Waals surface area contributed by atoms with Crippen molar-refractivity contribution in [1.29, 1.82) is 0 Å². The number of pyridine rings is 1. The summed E-state index contributed by atoms with van der Waals surface area (Å²) in [7, 11) is 1.62. The molecule has 0 unspecified atom stereocenters. The molecule has 0 amide bonds. The first-order chi connectivity index (χ1) is 7.77. The van der Waals surface area contributed by atoms with Crippen LogP contribution in [0.25, 0.3) is 11.3 Å². The van der Waals surface area contributed by atoms with Gasteiger partial charge in [0.25, 0.3) is 0 Å². The lowest BCUT2D eigenvalue weighted by Gasteiger charge is -2.10. The molecule has 2 heterocycles. The van der Waals surface area contributed by atoms with E-state index in [-0.39, 0.29) is 0 Å². The Hall–Kier alpha value is -1.48. The highest BCUT2D eigenvalue weighted by Gasteiger charge is 2.12. The predicted molar refractivity (Wildman–Crippen MR) is 64.9 cm³/mol. The van der Waals surface area contributed by atoms with Gasteiger partial charge in [0.2, 0.25) is 5.88 Å². The molecule has 16 heavy (non-hydrogen) atoms. The van der Waals surface area contributed by atoms with Crippen molar-refractivity contribution in [2.75, 3.05) is 7.11 Å². The lowest BCUT2D eigenvalue weighted by Crippen LogP contribution is -1.99. The topological polar surface area (TPSA) is 27.1 Å². The Morgan fingerprint density at radius 2 is 2.19 bits per heavy atom. The summed E-state index contributed by atoms with van der Waals surface area (Å²) in [6, 6.07) is 7.72. The zero-order chi connectivity index (χ0) is 11.5. The van der Waals surface area contributed by atoms with E-state index in [4.69, 9.17) is 16.3 Å². The third kappa shape index (κ3) is 1.78. The van der Waals surface area contributed by atoms with Crippen LogP contribution in [0.1, 0.15) is 6.92 Å². The third-order valence-corrected chi connectivity index (χ3v) is 2.81. The van der Waals surface area contributed by atoms with Gasteiger partial charge in [-0.15, -0.1) is 0 Å². The maximum Gasteiger partial charge on any atom is 0.222 e. The fraction of sp³-hybridized carbons (Fsp3) is 0.250. The molecule has 0 spiro atoms.